The molecule has 0 rings (SSSR count). The molecular weight excluding hydrogens is 136 g/mol. The molecule has 0 bridgehead atoms. The molecule has 1 heteroatoms. The lowest BCUT2D eigenvalue weighted by atomic mass is 9.91. The molecule has 0 spiro atoms. The molecule has 0 radical (unpaired) electrons. The van der Waals surface area contributed by atoms with Gasteiger partial charge in [0.25, 0.3) is 0 Å². The van der Waals surface area contributed by atoms with Gasteiger partial charge in [0.1, 0.15) is 0 Å². The fourth-order valence-corrected chi connectivity index (χ4v) is 1.23. The molecule has 11 heavy (non-hydrogen) atoms. The van der Waals surface area contributed by atoms with Crippen LogP contribution in [0.25, 0.3) is 0 Å². The van der Waals surface area contributed by atoms with Crippen molar-refractivity contribution in [3.63, 3.8) is 0 Å². The lowest BCUT2D eigenvalue weighted by Gasteiger charge is -2.23. The van der Waals surface area contributed by atoms with Crippen LogP contribution < -0.4 is 0 Å². The number of rotatable bonds is 4. The summed E-state index contributed by atoms with van der Waals surface area (Å²) in [7, 11) is 0. The molecule has 2 unspecified atom stereocenters. The van der Waals surface area contributed by atoms with E-state index in [9.17, 15) is 5.11 Å². The van der Waals surface area contributed by atoms with E-state index in [1.54, 1.807) is 0 Å². The van der Waals surface area contributed by atoms with E-state index in [0.29, 0.717) is 5.92 Å². The van der Waals surface area contributed by atoms with Gasteiger partial charge < -0.3 is 5.11 Å². The second-order valence-electron chi connectivity index (χ2n) is 3.56. The summed E-state index contributed by atoms with van der Waals surface area (Å²) >= 11 is 0. The van der Waals surface area contributed by atoms with Crippen molar-refractivity contribution in [2.24, 2.45) is 5.92 Å². The molecule has 2 atom stereocenters. The quantitative estimate of drug-likeness (QED) is 0.620. The van der Waals surface area contributed by atoms with Gasteiger partial charge >= 0.3 is 0 Å². The average Bonchev–Trinajstić information content (AvgIpc) is 1.87. The monoisotopic (exact) mass is 156 g/mol. The predicted molar refractivity (Wildman–Crippen MR) is 49.5 cm³/mol. The number of hydrogen-bond donors (Lipinski definition) is 1. The lowest BCUT2D eigenvalue weighted by Crippen LogP contribution is -2.24. The van der Waals surface area contributed by atoms with Crippen LogP contribution in [0.3, 0.4) is 0 Å². The van der Waals surface area contributed by atoms with Crippen LogP contribution in [0, 0.1) is 5.92 Å². The molecule has 0 aromatic carbocycles. The molecule has 1 nitrogen and oxygen atoms in total. The molecule has 0 aliphatic heterocycles. The van der Waals surface area contributed by atoms with Gasteiger partial charge in [-0.1, -0.05) is 26.0 Å². The maximum Gasteiger partial charge on any atom is 0.0622 e. The molecule has 0 aromatic rings. The molecule has 0 saturated carbocycles. The Bertz CT molecular complexity index is 125. The van der Waals surface area contributed by atoms with E-state index in [0.717, 1.165) is 12.8 Å². The molecule has 0 aliphatic carbocycles. The molecule has 0 saturated heterocycles. The average molecular weight is 156 g/mol. The minimum absolute atomic E-state index is 0.481. The first-order chi connectivity index (χ1) is 5.02. The first-order valence-corrected chi connectivity index (χ1v) is 4.37. The van der Waals surface area contributed by atoms with Crippen LogP contribution in [0.4, 0.5) is 0 Å². The van der Waals surface area contributed by atoms with Gasteiger partial charge in [0.05, 0.1) is 5.60 Å². The number of aliphatic hydroxyl groups is 1. The minimum atomic E-state index is -0.487. The number of allylic oxidation sites excluding steroid dienone is 2. The van der Waals surface area contributed by atoms with Gasteiger partial charge in [0.15, 0.2) is 0 Å². The Labute approximate surface area is 70.1 Å². The van der Waals surface area contributed by atoms with Crippen LogP contribution in [0.1, 0.15) is 40.5 Å². The molecule has 0 fully saturated rings. The molecule has 0 aliphatic rings. The fourth-order valence-electron chi connectivity index (χ4n) is 1.23. The van der Waals surface area contributed by atoms with E-state index in [1.807, 2.05) is 26.8 Å². The summed E-state index contributed by atoms with van der Waals surface area (Å²) in [6, 6.07) is 0. The zero-order chi connectivity index (χ0) is 8.91. The summed E-state index contributed by atoms with van der Waals surface area (Å²) < 4.78 is 0. The summed E-state index contributed by atoms with van der Waals surface area (Å²) in [5, 5.41) is 9.69. The highest BCUT2D eigenvalue weighted by atomic mass is 16.3. The molecule has 0 amide bonds. The highest BCUT2D eigenvalue weighted by Gasteiger charge is 2.19. The second-order valence-corrected chi connectivity index (χ2v) is 3.56. The smallest absolute Gasteiger partial charge is 0.0622 e. The minimum Gasteiger partial charge on any atom is -0.390 e. The third-order valence-electron chi connectivity index (χ3n) is 2.04. The zero-order valence-corrected chi connectivity index (χ0v) is 8.09. The largest absolute Gasteiger partial charge is 0.390 e. The third-order valence-corrected chi connectivity index (χ3v) is 2.04. The van der Waals surface area contributed by atoms with Crippen LogP contribution in [-0.2, 0) is 0 Å². The van der Waals surface area contributed by atoms with Crippen molar-refractivity contribution in [2.75, 3.05) is 0 Å². The molecule has 0 aromatic heterocycles. The Balaban J connectivity index is 3.82. The van der Waals surface area contributed by atoms with Crippen LogP contribution in [0.5, 0.6) is 0 Å². The zero-order valence-electron chi connectivity index (χ0n) is 8.09. The SMILES string of the molecule is C/C=C/C(C)CC(C)(O)CC. The van der Waals surface area contributed by atoms with Gasteiger partial charge in [-0.3, -0.25) is 0 Å². The summed E-state index contributed by atoms with van der Waals surface area (Å²) in [6.45, 7) is 8.05. The fraction of sp³-hybridized carbons (Fsp3) is 0.800. The van der Waals surface area contributed by atoms with Crippen LogP contribution >= 0.6 is 0 Å². The molecule has 1 N–H and O–H groups in total. The Morgan fingerprint density at radius 1 is 1.55 bits per heavy atom. The lowest BCUT2D eigenvalue weighted by molar-refractivity contribution is 0.0379. The van der Waals surface area contributed by atoms with Gasteiger partial charge in [0.2, 0.25) is 0 Å². The van der Waals surface area contributed by atoms with Crippen molar-refractivity contribution in [3.05, 3.63) is 12.2 Å². The molecule has 0 heterocycles. The van der Waals surface area contributed by atoms with Gasteiger partial charge in [-0.2, -0.15) is 0 Å². The Kier molecular flexibility index (Phi) is 4.43. The van der Waals surface area contributed by atoms with Crippen molar-refractivity contribution in [2.45, 2.75) is 46.1 Å². The maximum absolute atomic E-state index is 9.69. The Morgan fingerprint density at radius 2 is 2.09 bits per heavy atom. The maximum atomic E-state index is 9.69. The van der Waals surface area contributed by atoms with Crippen molar-refractivity contribution in [3.8, 4) is 0 Å². The predicted octanol–water partition coefficient (Wildman–Crippen LogP) is 2.75. The summed E-state index contributed by atoms with van der Waals surface area (Å²) in [5.74, 6) is 0.481. The van der Waals surface area contributed by atoms with E-state index in [-0.39, 0.29) is 0 Å². The van der Waals surface area contributed by atoms with E-state index < -0.39 is 5.60 Å². The standard InChI is InChI=1S/C10H20O/c1-5-7-9(3)8-10(4,11)6-2/h5,7,9,11H,6,8H2,1-4H3/b7-5+. The summed E-state index contributed by atoms with van der Waals surface area (Å²) in [5.41, 5.74) is -0.487. The number of hydrogen-bond acceptors (Lipinski definition) is 1. The molecule has 66 valence electrons. The van der Waals surface area contributed by atoms with E-state index >= 15 is 0 Å². The first-order valence-electron chi connectivity index (χ1n) is 4.37. The van der Waals surface area contributed by atoms with E-state index in [4.69, 9.17) is 0 Å². The van der Waals surface area contributed by atoms with Crippen LogP contribution in [-0.4, -0.2) is 10.7 Å². The third kappa shape index (κ3) is 5.02. The first kappa shape index (κ1) is 10.7. The second kappa shape index (κ2) is 4.55. The highest BCUT2D eigenvalue weighted by molar-refractivity contribution is 4.87. The van der Waals surface area contributed by atoms with E-state index in [1.165, 1.54) is 0 Å². The van der Waals surface area contributed by atoms with E-state index in [2.05, 4.69) is 13.0 Å². The summed E-state index contributed by atoms with van der Waals surface area (Å²) in [6.07, 6.45) is 5.85. The Morgan fingerprint density at radius 3 is 2.45 bits per heavy atom. The van der Waals surface area contributed by atoms with Crippen molar-refractivity contribution >= 4 is 0 Å². The van der Waals surface area contributed by atoms with Crippen LogP contribution in [0.2, 0.25) is 0 Å². The van der Waals surface area contributed by atoms with Gasteiger partial charge in [0, 0.05) is 0 Å². The summed E-state index contributed by atoms with van der Waals surface area (Å²) in [4.78, 5) is 0. The van der Waals surface area contributed by atoms with Gasteiger partial charge in [-0.25, -0.2) is 0 Å². The molecular formula is C10H20O. The van der Waals surface area contributed by atoms with Crippen molar-refractivity contribution in [1.29, 1.82) is 0 Å². The normalized spacial score (nSPS) is 20.1. The highest BCUT2D eigenvalue weighted by Crippen LogP contribution is 2.20. The van der Waals surface area contributed by atoms with Gasteiger partial charge in [-0.05, 0) is 32.6 Å². The topological polar surface area (TPSA) is 20.2 Å². The van der Waals surface area contributed by atoms with Crippen LogP contribution in [0.15, 0.2) is 12.2 Å². The Hall–Kier alpha value is -0.300. The van der Waals surface area contributed by atoms with Crippen molar-refractivity contribution in [1.82, 2.24) is 0 Å². The van der Waals surface area contributed by atoms with Crippen molar-refractivity contribution < 1.29 is 5.11 Å². The van der Waals surface area contributed by atoms with Gasteiger partial charge in [-0.15, -0.1) is 0 Å².